The first kappa shape index (κ1) is 39.4. The second kappa shape index (κ2) is 14.8. The third-order valence-electron chi connectivity index (χ3n) is 12.0. The van der Waals surface area contributed by atoms with Crippen molar-refractivity contribution in [3.8, 4) is 11.6 Å². The van der Waals surface area contributed by atoms with Crippen LogP contribution in [-0.4, -0.2) is 84.8 Å². The van der Waals surface area contributed by atoms with Crippen molar-refractivity contribution in [2.24, 2.45) is 23.0 Å². The van der Waals surface area contributed by atoms with Gasteiger partial charge >= 0.3 is 6.09 Å². The van der Waals surface area contributed by atoms with Gasteiger partial charge in [0.15, 0.2) is 11.7 Å². The highest BCUT2D eigenvalue weighted by Gasteiger charge is 2.63. The van der Waals surface area contributed by atoms with E-state index < -0.39 is 80.1 Å². The van der Waals surface area contributed by atoms with Gasteiger partial charge < -0.3 is 34.6 Å². The molecule has 2 aromatic heterocycles. The summed E-state index contributed by atoms with van der Waals surface area (Å²) in [7, 11) is -2.37. The van der Waals surface area contributed by atoms with Gasteiger partial charge in [0.05, 0.1) is 24.3 Å². The quantitative estimate of drug-likeness (QED) is 0.206. The normalized spacial score (nSPS) is 27.5. The zero-order valence-corrected chi connectivity index (χ0v) is 33.8. The van der Waals surface area contributed by atoms with Crippen LogP contribution in [0.2, 0.25) is 0 Å². The Bertz CT molecular complexity index is 2450. The molecule has 2 saturated carbocycles. The lowest BCUT2D eigenvalue weighted by molar-refractivity contribution is -0.147. The van der Waals surface area contributed by atoms with Crippen LogP contribution >= 0.6 is 0 Å². The number of methoxy groups -OCH3 is 1. The van der Waals surface area contributed by atoms with E-state index in [2.05, 4.69) is 10.0 Å². The molecule has 8 rings (SSSR count). The Labute approximate surface area is 336 Å². The summed E-state index contributed by atoms with van der Waals surface area (Å²) in [6.45, 7) is 5.68. The summed E-state index contributed by atoms with van der Waals surface area (Å²) >= 11 is 0. The largest absolute Gasteiger partial charge is 0.497 e. The molecule has 1 unspecified atom stereocenters. The Morgan fingerprint density at radius 3 is 2.50 bits per heavy atom. The molecule has 15 nitrogen and oxygen atoms in total. The van der Waals surface area contributed by atoms with Gasteiger partial charge in [-0.3, -0.25) is 19.1 Å². The second-order valence-electron chi connectivity index (χ2n) is 17.0. The van der Waals surface area contributed by atoms with Crippen LogP contribution in [0.1, 0.15) is 72.1 Å². The molecule has 4 amide bonds. The van der Waals surface area contributed by atoms with Crippen LogP contribution in [-0.2, 0) is 29.1 Å². The maximum Gasteiger partial charge on any atom is 0.405 e. The topological polar surface area (TPSA) is 209 Å². The predicted molar refractivity (Wildman–Crippen MR) is 214 cm³/mol. The number of benzene rings is 2. The molecule has 4 heterocycles. The number of hydrogen-bond acceptors (Lipinski definition) is 11. The van der Waals surface area contributed by atoms with Crippen molar-refractivity contribution in [3.05, 3.63) is 54.6 Å². The molecule has 6 atom stereocenters. The number of allylic oxidation sites excluding steroid dienone is 1. The Kier molecular flexibility index (Phi) is 10.0. The molecule has 2 aromatic carbocycles. The van der Waals surface area contributed by atoms with Gasteiger partial charge in [0.2, 0.25) is 21.8 Å². The van der Waals surface area contributed by atoms with E-state index in [1.165, 1.54) is 4.90 Å². The minimum absolute atomic E-state index is 0.107. The van der Waals surface area contributed by atoms with E-state index in [0.29, 0.717) is 65.3 Å². The SMILES string of the molecule is COc1ccc2oc3c4ccccc4c(O[C@H]4CN5C(=O)[C@@H](OC(N)=O)CCCCC/C=C\[C@@H]6C[C@@]6(C(=O)NS(=O)(=O)C6CC6)NC(=O)[C@@H]5C4C(C)(C)C)nc3c2c1. The van der Waals surface area contributed by atoms with E-state index in [4.69, 9.17) is 29.3 Å². The van der Waals surface area contributed by atoms with Gasteiger partial charge in [-0.25, -0.2) is 18.2 Å². The predicted octanol–water partition coefficient (Wildman–Crippen LogP) is 5.23. The van der Waals surface area contributed by atoms with Crippen LogP contribution in [0.25, 0.3) is 32.8 Å². The van der Waals surface area contributed by atoms with Crippen LogP contribution in [0, 0.1) is 17.3 Å². The molecule has 0 radical (unpaired) electrons. The number of primary amides is 1. The molecule has 16 heteroatoms. The van der Waals surface area contributed by atoms with Gasteiger partial charge in [0.1, 0.15) is 34.5 Å². The summed E-state index contributed by atoms with van der Waals surface area (Å²) < 4.78 is 52.4. The Hall–Kier alpha value is -5.38. The number of fused-ring (bicyclic) bond motifs is 7. The van der Waals surface area contributed by atoms with Gasteiger partial charge in [-0.2, -0.15) is 0 Å². The maximum atomic E-state index is 15.0. The summed E-state index contributed by atoms with van der Waals surface area (Å²) in [5.74, 6) is -2.44. The number of nitrogens with two attached hydrogens (primary N) is 1. The molecular formula is C42H49N5O10S. The summed E-state index contributed by atoms with van der Waals surface area (Å²) in [6.07, 6.45) is 4.45. The lowest BCUT2D eigenvalue weighted by atomic mass is 9.74. The molecule has 308 valence electrons. The van der Waals surface area contributed by atoms with Crippen LogP contribution in [0.3, 0.4) is 0 Å². The maximum absolute atomic E-state index is 15.0. The molecular weight excluding hydrogens is 767 g/mol. The van der Waals surface area contributed by atoms with E-state index in [9.17, 15) is 27.6 Å². The fourth-order valence-electron chi connectivity index (χ4n) is 8.78. The molecule has 0 bridgehead atoms. The number of carbonyl (C=O) groups excluding carboxylic acids is 4. The number of sulfonamides is 1. The van der Waals surface area contributed by atoms with Gasteiger partial charge in [0, 0.05) is 22.6 Å². The van der Waals surface area contributed by atoms with Crippen molar-refractivity contribution in [2.75, 3.05) is 13.7 Å². The summed E-state index contributed by atoms with van der Waals surface area (Å²) in [6, 6.07) is 11.7. The molecule has 58 heavy (non-hydrogen) atoms. The Morgan fingerprint density at radius 1 is 1.03 bits per heavy atom. The highest BCUT2D eigenvalue weighted by atomic mass is 32.2. The minimum atomic E-state index is -3.94. The number of rotatable bonds is 7. The number of carbonyl (C=O) groups is 4. The highest BCUT2D eigenvalue weighted by Crippen LogP contribution is 2.48. The number of nitrogens with zero attached hydrogens (tertiary/aromatic N) is 2. The zero-order chi connectivity index (χ0) is 41.1. The number of nitrogens with one attached hydrogen (secondary N) is 2. The molecule has 4 aliphatic rings. The number of hydrogen-bond donors (Lipinski definition) is 3. The van der Waals surface area contributed by atoms with Crippen molar-refractivity contribution in [1.29, 1.82) is 0 Å². The second-order valence-corrected chi connectivity index (χ2v) is 19.0. The highest BCUT2D eigenvalue weighted by molar-refractivity contribution is 7.91. The third-order valence-corrected chi connectivity index (χ3v) is 13.8. The molecule has 4 aromatic rings. The average molecular weight is 816 g/mol. The van der Waals surface area contributed by atoms with Crippen LogP contribution in [0.4, 0.5) is 4.79 Å². The number of pyridine rings is 1. The summed E-state index contributed by atoms with van der Waals surface area (Å²) in [4.78, 5) is 62.2. The third kappa shape index (κ3) is 7.30. The van der Waals surface area contributed by atoms with Gasteiger partial charge in [-0.1, -0.05) is 57.5 Å². The summed E-state index contributed by atoms with van der Waals surface area (Å²) in [5, 5.41) is 4.38. The Balaban J connectivity index is 1.22. The first-order chi connectivity index (χ1) is 27.6. The van der Waals surface area contributed by atoms with Gasteiger partial charge in [-0.05, 0) is 74.6 Å². The number of amides is 4. The molecule has 0 spiro atoms. The smallest absolute Gasteiger partial charge is 0.405 e. The molecule has 2 aliphatic carbocycles. The van der Waals surface area contributed by atoms with Gasteiger partial charge in [0.25, 0.3) is 11.8 Å². The van der Waals surface area contributed by atoms with E-state index in [1.54, 1.807) is 13.2 Å². The van der Waals surface area contributed by atoms with Crippen molar-refractivity contribution < 1.29 is 46.2 Å². The fraction of sp³-hybridized carbons (Fsp3) is 0.500. The first-order valence-corrected chi connectivity index (χ1v) is 21.4. The molecule has 1 saturated heterocycles. The van der Waals surface area contributed by atoms with Crippen LogP contribution in [0.5, 0.6) is 11.6 Å². The van der Waals surface area contributed by atoms with E-state index in [0.717, 1.165) is 11.8 Å². The van der Waals surface area contributed by atoms with E-state index in [1.807, 2.05) is 69.3 Å². The lowest BCUT2D eigenvalue weighted by Crippen LogP contribution is -2.59. The fourth-order valence-corrected chi connectivity index (χ4v) is 10.1. The van der Waals surface area contributed by atoms with Crippen molar-refractivity contribution in [2.45, 2.75) is 101 Å². The number of ether oxygens (including phenoxy) is 3. The molecule has 3 fully saturated rings. The van der Waals surface area contributed by atoms with E-state index >= 15 is 0 Å². The molecule has 2 aliphatic heterocycles. The van der Waals surface area contributed by atoms with Crippen molar-refractivity contribution in [3.63, 3.8) is 0 Å². The van der Waals surface area contributed by atoms with Crippen LogP contribution in [0.15, 0.2) is 59.0 Å². The molecule has 4 N–H and O–H groups in total. The van der Waals surface area contributed by atoms with Gasteiger partial charge in [-0.15, -0.1) is 0 Å². The average Bonchev–Trinajstić information content (AvgIpc) is 4.08. The zero-order valence-electron chi connectivity index (χ0n) is 33.0. The van der Waals surface area contributed by atoms with Crippen molar-refractivity contribution in [1.82, 2.24) is 19.9 Å². The summed E-state index contributed by atoms with van der Waals surface area (Å²) in [5.41, 5.74) is 4.90. The monoisotopic (exact) mass is 815 g/mol. The number of furan rings is 1. The number of aromatic nitrogens is 1. The Morgan fingerprint density at radius 2 is 1.79 bits per heavy atom. The lowest BCUT2D eigenvalue weighted by Gasteiger charge is -2.37. The van der Waals surface area contributed by atoms with Crippen molar-refractivity contribution >= 4 is 66.7 Å². The first-order valence-electron chi connectivity index (χ1n) is 19.9. The van der Waals surface area contributed by atoms with E-state index in [-0.39, 0.29) is 25.3 Å². The standard InChI is InChI=1S/C42H49N5O10S/c1-41(2,3)32-31(56-37-27-14-11-10-13-26(27)35-33(44-37)28-20-24(54-4)16-19-29(28)55-35)22-47-34(32)36(48)45-42(39(50)46-58(52,53)25-17-18-25)21-23(42)12-8-6-5-7-9-15-30(38(47)49)57-40(43)51/h8,10-14,16,19-20,23,25,30-32,34H,5-7,9,15,17-18,21-22H2,1-4H3,(H2,43,51)(H,45,48)(H,46,50)/b12-8-/t23-,30+,31+,32?,34+,42-/m1/s1. The van der Waals surface area contributed by atoms with Crippen LogP contribution < -0.4 is 25.2 Å². The minimum Gasteiger partial charge on any atom is -0.497 e.